The molecule has 8 heteroatoms. The Morgan fingerprint density at radius 2 is 1.79 bits per heavy atom. The van der Waals surface area contributed by atoms with E-state index in [1.165, 1.54) is 4.90 Å². The molecule has 3 atom stereocenters. The van der Waals surface area contributed by atoms with Crippen molar-refractivity contribution in [3.8, 4) is 0 Å². The van der Waals surface area contributed by atoms with Crippen molar-refractivity contribution in [3.05, 3.63) is 35.4 Å². The summed E-state index contributed by atoms with van der Waals surface area (Å²) in [6.07, 6.45) is 0.0334. The molecule has 3 unspecified atom stereocenters. The van der Waals surface area contributed by atoms with Gasteiger partial charge in [0.25, 0.3) is 5.91 Å². The number of aliphatic carboxylic acids is 1. The fraction of sp³-hybridized carbons (Fsp3) is 0.550. The molecule has 0 saturated carbocycles. The molecule has 1 aromatic rings. The average Bonchev–Trinajstić information content (AvgIpc) is 2.64. The molecule has 0 aromatic heterocycles. The third kappa shape index (κ3) is 5.95. The highest BCUT2D eigenvalue weighted by Gasteiger charge is 2.26. The van der Waals surface area contributed by atoms with E-state index in [1.54, 1.807) is 43.1 Å². The molecule has 1 heterocycles. The topological polar surface area (TPSA) is 99.2 Å². The minimum absolute atomic E-state index is 0.0167. The van der Waals surface area contributed by atoms with Crippen molar-refractivity contribution in [3.63, 3.8) is 0 Å². The molecule has 1 saturated heterocycles. The van der Waals surface area contributed by atoms with Gasteiger partial charge in [-0.15, -0.1) is 0 Å². The number of benzene rings is 1. The third-order valence-corrected chi connectivity index (χ3v) is 4.67. The summed E-state index contributed by atoms with van der Waals surface area (Å²) in [5, 5.41) is 11.7. The van der Waals surface area contributed by atoms with Gasteiger partial charge in [0.15, 0.2) is 0 Å². The Labute approximate surface area is 165 Å². The summed E-state index contributed by atoms with van der Waals surface area (Å²) in [7, 11) is 1.56. The van der Waals surface area contributed by atoms with Crippen LogP contribution in [-0.2, 0) is 16.1 Å². The van der Waals surface area contributed by atoms with E-state index < -0.39 is 11.9 Å². The fourth-order valence-electron chi connectivity index (χ4n) is 3.18. The summed E-state index contributed by atoms with van der Waals surface area (Å²) in [4.78, 5) is 38.8. The Balaban J connectivity index is 1.87. The van der Waals surface area contributed by atoms with Crippen molar-refractivity contribution in [1.29, 1.82) is 0 Å². The molecule has 2 rings (SSSR count). The molecule has 0 radical (unpaired) electrons. The van der Waals surface area contributed by atoms with Crippen molar-refractivity contribution in [2.75, 3.05) is 26.7 Å². The summed E-state index contributed by atoms with van der Waals surface area (Å²) < 4.78 is 5.66. The number of carbonyl (C=O) groups is 3. The van der Waals surface area contributed by atoms with Crippen LogP contribution in [0.3, 0.4) is 0 Å². The zero-order chi connectivity index (χ0) is 20.8. The molecule has 1 aliphatic heterocycles. The van der Waals surface area contributed by atoms with Gasteiger partial charge >= 0.3 is 12.0 Å². The number of nitrogens with zero attached hydrogens (tertiary/aromatic N) is 2. The molecule has 3 amide bonds. The van der Waals surface area contributed by atoms with E-state index in [1.807, 2.05) is 13.8 Å². The Kier molecular flexibility index (Phi) is 7.39. The minimum atomic E-state index is -0.941. The number of amides is 3. The highest BCUT2D eigenvalue weighted by molar-refractivity contribution is 5.94. The largest absolute Gasteiger partial charge is 0.481 e. The van der Waals surface area contributed by atoms with Gasteiger partial charge in [0.05, 0.1) is 18.1 Å². The van der Waals surface area contributed by atoms with Gasteiger partial charge in [-0.05, 0) is 31.5 Å². The standard InChI is InChI=1S/C20H29N3O5/c1-13(19(25)26)10-22(4)20(27)21-9-16-5-7-17(8-6-16)18(24)23-11-14(2)28-15(3)12-23/h5-8,13-15H,9-12H2,1-4H3,(H,21,27)(H,25,26). The van der Waals surface area contributed by atoms with E-state index in [0.29, 0.717) is 25.2 Å². The smallest absolute Gasteiger partial charge is 0.317 e. The number of rotatable bonds is 6. The van der Waals surface area contributed by atoms with E-state index in [-0.39, 0.29) is 30.7 Å². The molecular weight excluding hydrogens is 362 g/mol. The molecule has 8 nitrogen and oxygen atoms in total. The lowest BCUT2D eigenvalue weighted by atomic mass is 10.1. The SMILES string of the molecule is CC1CN(C(=O)c2ccc(CNC(=O)N(C)CC(C)C(=O)O)cc2)CC(C)O1. The highest BCUT2D eigenvalue weighted by Crippen LogP contribution is 2.15. The summed E-state index contributed by atoms with van der Waals surface area (Å²) in [6.45, 7) is 7.03. The maximum absolute atomic E-state index is 12.7. The van der Waals surface area contributed by atoms with E-state index in [4.69, 9.17) is 9.84 Å². The second kappa shape index (κ2) is 9.54. The molecule has 0 aliphatic carbocycles. The zero-order valence-corrected chi connectivity index (χ0v) is 16.8. The first kappa shape index (κ1) is 21.7. The van der Waals surface area contributed by atoms with E-state index >= 15 is 0 Å². The van der Waals surface area contributed by atoms with Crippen LogP contribution in [0.4, 0.5) is 4.79 Å². The first-order valence-electron chi connectivity index (χ1n) is 9.42. The van der Waals surface area contributed by atoms with Crippen LogP contribution in [0.2, 0.25) is 0 Å². The van der Waals surface area contributed by atoms with Crippen LogP contribution in [0.25, 0.3) is 0 Å². The number of carboxylic acids is 1. The molecule has 0 spiro atoms. The van der Waals surface area contributed by atoms with Crippen molar-refractivity contribution in [1.82, 2.24) is 15.1 Å². The fourth-order valence-corrected chi connectivity index (χ4v) is 3.18. The van der Waals surface area contributed by atoms with Crippen LogP contribution < -0.4 is 5.32 Å². The second-order valence-corrected chi connectivity index (χ2v) is 7.44. The maximum Gasteiger partial charge on any atom is 0.317 e. The van der Waals surface area contributed by atoms with Gasteiger partial charge < -0.3 is 25.0 Å². The normalized spacial score (nSPS) is 20.4. The van der Waals surface area contributed by atoms with Crippen LogP contribution in [0.5, 0.6) is 0 Å². The van der Waals surface area contributed by atoms with E-state index in [2.05, 4.69) is 5.32 Å². The van der Waals surface area contributed by atoms with Crippen LogP contribution in [-0.4, -0.2) is 71.7 Å². The van der Waals surface area contributed by atoms with Gasteiger partial charge in [-0.1, -0.05) is 19.1 Å². The summed E-state index contributed by atoms with van der Waals surface area (Å²) >= 11 is 0. The number of nitrogens with one attached hydrogen (secondary N) is 1. The predicted molar refractivity (Wildman–Crippen MR) is 104 cm³/mol. The number of urea groups is 1. The number of carboxylic acid groups (broad SMARTS) is 1. The average molecular weight is 391 g/mol. The van der Waals surface area contributed by atoms with Crippen LogP contribution in [0.15, 0.2) is 24.3 Å². The molecule has 2 N–H and O–H groups in total. The van der Waals surface area contributed by atoms with Crippen LogP contribution in [0.1, 0.15) is 36.7 Å². The molecular formula is C20H29N3O5. The molecule has 0 bridgehead atoms. The molecule has 154 valence electrons. The third-order valence-electron chi connectivity index (χ3n) is 4.67. The lowest BCUT2D eigenvalue weighted by Crippen LogP contribution is -2.48. The quantitative estimate of drug-likeness (QED) is 0.770. The van der Waals surface area contributed by atoms with Gasteiger partial charge in [-0.2, -0.15) is 0 Å². The van der Waals surface area contributed by atoms with Crippen molar-refractivity contribution in [2.24, 2.45) is 5.92 Å². The highest BCUT2D eigenvalue weighted by atomic mass is 16.5. The number of ether oxygens (including phenoxy) is 1. The lowest BCUT2D eigenvalue weighted by Gasteiger charge is -2.35. The van der Waals surface area contributed by atoms with Gasteiger partial charge in [-0.25, -0.2) is 4.79 Å². The van der Waals surface area contributed by atoms with E-state index in [9.17, 15) is 14.4 Å². The predicted octanol–water partition coefficient (Wildman–Crippen LogP) is 1.80. The molecule has 1 fully saturated rings. The second-order valence-electron chi connectivity index (χ2n) is 7.44. The number of hydrogen-bond donors (Lipinski definition) is 2. The Morgan fingerprint density at radius 3 is 2.32 bits per heavy atom. The van der Waals surface area contributed by atoms with Crippen molar-refractivity contribution < 1.29 is 24.2 Å². The first-order chi connectivity index (χ1) is 13.2. The van der Waals surface area contributed by atoms with Gasteiger partial charge in [0.1, 0.15) is 0 Å². The van der Waals surface area contributed by atoms with Gasteiger partial charge in [0, 0.05) is 38.8 Å². The maximum atomic E-state index is 12.7. The summed E-state index contributed by atoms with van der Waals surface area (Å²) in [5.41, 5.74) is 1.46. The summed E-state index contributed by atoms with van der Waals surface area (Å²) in [5.74, 6) is -1.60. The van der Waals surface area contributed by atoms with Gasteiger partial charge in [0.2, 0.25) is 0 Å². The first-order valence-corrected chi connectivity index (χ1v) is 9.42. The minimum Gasteiger partial charge on any atom is -0.481 e. The Morgan fingerprint density at radius 1 is 1.21 bits per heavy atom. The van der Waals surface area contributed by atoms with Crippen molar-refractivity contribution >= 4 is 17.9 Å². The zero-order valence-electron chi connectivity index (χ0n) is 16.8. The van der Waals surface area contributed by atoms with Crippen LogP contribution in [0, 0.1) is 5.92 Å². The number of hydrogen-bond acceptors (Lipinski definition) is 4. The molecule has 28 heavy (non-hydrogen) atoms. The van der Waals surface area contributed by atoms with Crippen molar-refractivity contribution in [2.45, 2.75) is 39.5 Å². The monoisotopic (exact) mass is 391 g/mol. The lowest BCUT2D eigenvalue weighted by molar-refractivity contribution is -0.141. The number of carbonyl (C=O) groups excluding carboxylic acids is 2. The van der Waals surface area contributed by atoms with E-state index in [0.717, 1.165) is 5.56 Å². The van der Waals surface area contributed by atoms with Crippen LogP contribution >= 0.6 is 0 Å². The Bertz CT molecular complexity index is 696. The molecule has 1 aliphatic rings. The summed E-state index contributed by atoms with van der Waals surface area (Å²) in [6, 6.07) is 6.78. The molecule has 1 aromatic carbocycles. The van der Waals surface area contributed by atoms with Gasteiger partial charge in [-0.3, -0.25) is 9.59 Å². The number of morpholine rings is 1. The Hall–Kier alpha value is -2.61.